The first-order valence-corrected chi connectivity index (χ1v) is 12.9. The van der Waals surface area contributed by atoms with Gasteiger partial charge in [-0.1, -0.05) is 0 Å². The largest absolute Gasteiger partial charge is 0.434 e. The Morgan fingerprint density at radius 3 is 2.72 bits per heavy atom. The molecule has 2 amide bonds. The van der Waals surface area contributed by atoms with Gasteiger partial charge < -0.3 is 19.9 Å². The Morgan fingerprint density at radius 1 is 1.18 bits per heavy atom. The number of hydrogen-bond acceptors (Lipinski definition) is 7. The standard InChI is InChI=1S/C27H31F2N7O3/c1-16(25(37)34-23-12-31-24(13-30-23)39-22-7-5-18(28)11-19(22)29)35-8-9-36(27(2,3)14-35)26(38)17-4-6-20-21(10-17)33-15-32-20/h5,7,11-13,15-17H,4,6,8-10,14H2,1-3H3,(H,32,33)(H,30,34,37)/t16-,17-/m0/s1. The van der Waals surface area contributed by atoms with Gasteiger partial charge in [-0.15, -0.1) is 0 Å². The van der Waals surface area contributed by atoms with E-state index in [-0.39, 0.29) is 35.2 Å². The maximum Gasteiger partial charge on any atom is 0.242 e. The zero-order valence-corrected chi connectivity index (χ0v) is 22.1. The van der Waals surface area contributed by atoms with Gasteiger partial charge in [0.25, 0.3) is 0 Å². The van der Waals surface area contributed by atoms with Crippen LogP contribution in [0.15, 0.2) is 36.9 Å². The molecule has 2 aromatic heterocycles. The predicted octanol–water partition coefficient (Wildman–Crippen LogP) is 3.33. The number of benzene rings is 1. The first-order chi connectivity index (χ1) is 18.6. The van der Waals surface area contributed by atoms with Crippen LogP contribution < -0.4 is 10.1 Å². The number of carbonyl (C=O) groups excluding carboxylic acids is 2. The minimum Gasteiger partial charge on any atom is -0.434 e. The summed E-state index contributed by atoms with van der Waals surface area (Å²) < 4.78 is 32.2. The van der Waals surface area contributed by atoms with Gasteiger partial charge in [-0.2, -0.15) is 0 Å². The summed E-state index contributed by atoms with van der Waals surface area (Å²) in [6, 6.07) is 2.46. The molecule has 206 valence electrons. The molecule has 0 radical (unpaired) electrons. The molecule has 2 aliphatic rings. The fourth-order valence-electron chi connectivity index (χ4n) is 5.26. The van der Waals surface area contributed by atoms with Gasteiger partial charge >= 0.3 is 0 Å². The molecular formula is C27H31F2N7O3. The average molecular weight is 540 g/mol. The van der Waals surface area contributed by atoms with Crippen molar-refractivity contribution in [2.45, 2.75) is 51.6 Å². The molecular weight excluding hydrogens is 508 g/mol. The number of ether oxygens (including phenoxy) is 1. The second kappa shape index (κ2) is 10.7. The van der Waals surface area contributed by atoms with Gasteiger partial charge in [-0.05, 0) is 45.7 Å². The van der Waals surface area contributed by atoms with Gasteiger partial charge in [0.05, 0.1) is 36.0 Å². The molecule has 1 fully saturated rings. The third kappa shape index (κ3) is 5.75. The minimum atomic E-state index is -0.863. The molecule has 0 spiro atoms. The van der Waals surface area contributed by atoms with Crippen molar-refractivity contribution in [1.29, 1.82) is 0 Å². The lowest BCUT2D eigenvalue weighted by Gasteiger charge is -2.49. The van der Waals surface area contributed by atoms with Crippen molar-refractivity contribution >= 4 is 17.6 Å². The van der Waals surface area contributed by atoms with Crippen LogP contribution in [0.4, 0.5) is 14.6 Å². The summed E-state index contributed by atoms with van der Waals surface area (Å²) >= 11 is 0. The smallest absolute Gasteiger partial charge is 0.242 e. The monoisotopic (exact) mass is 539 g/mol. The van der Waals surface area contributed by atoms with Gasteiger partial charge in [-0.25, -0.2) is 23.7 Å². The topological polar surface area (TPSA) is 116 Å². The van der Waals surface area contributed by atoms with Gasteiger partial charge in [0.2, 0.25) is 17.7 Å². The van der Waals surface area contributed by atoms with Crippen LogP contribution in [0.2, 0.25) is 0 Å². The number of carbonyl (C=O) groups is 2. The molecule has 1 aromatic carbocycles. The quantitative estimate of drug-likeness (QED) is 0.494. The van der Waals surface area contributed by atoms with E-state index in [1.165, 1.54) is 12.4 Å². The molecule has 2 N–H and O–H groups in total. The van der Waals surface area contributed by atoms with Crippen LogP contribution in [0.1, 0.15) is 38.6 Å². The highest BCUT2D eigenvalue weighted by Gasteiger charge is 2.42. The Bertz CT molecular complexity index is 1360. The second-order valence-corrected chi connectivity index (χ2v) is 10.6. The zero-order chi connectivity index (χ0) is 27.7. The van der Waals surface area contributed by atoms with Crippen molar-refractivity contribution < 1.29 is 23.1 Å². The second-order valence-electron chi connectivity index (χ2n) is 10.6. The summed E-state index contributed by atoms with van der Waals surface area (Å²) in [4.78, 5) is 46.1. The van der Waals surface area contributed by atoms with E-state index in [2.05, 4.69) is 25.3 Å². The fraction of sp³-hybridized carbons (Fsp3) is 0.444. The van der Waals surface area contributed by atoms with Crippen molar-refractivity contribution in [3.63, 3.8) is 0 Å². The number of fused-ring (bicyclic) bond motifs is 1. The lowest BCUT2D eigenvalue weighted by Crippen LogP contribution is -2.64. The normalized spacial score (nSPS) is 19.7. The first-order valence-electron chi connectivity index (χ1n) is 12.9. The number of H-pyrrole nitrogens is 1. The molecule has 0 saturated carbocycles. The fourth-order valence-corrected chi connectivity index (χ4v) is 5.26. The van der Waals surface area contributed by atoms with E-state index >= 15 is 0 Å². The summed E-state index contributed by atoms with van der Waals surface area (Å²) in [5, 5.41) is 2.74. The molecule has 0 bridgehead atoms. The van der Waals surface area contributed by atoms with E-state index in [0.717, 1.165) is 36.4 Å². The molecule has 3 heterocycles. The average Bonchev–Trinajstić information content (AvgIpc) is 3.38. The van der Waals surface area contributed by atoms with Crippen molar-refractivity contribution in [2.24, 2.45) is 5.92 Å². The lowest BCUT2D eigenvalue weighted by atomic mass is 9.86. The number of nitrogens with zero attached hydrogens (tertiary/aromatic N) is 5. The third-order valence-corrected chi connectivity index (χ3v) is 7.45. The Morgan fingerprint density at radius 2 is 2.00 bits per heavy atom. The summed E-state index contributed by atoms with van der Waals surface area (Å²) in [5.74, 6) is -1.77. The summed E-state index contributed by atoms with van der Waals surface area (Å²) in [5.41, 5.74) is 1.65. The van der Waals surface area contributed by atoms with Crippen LogP contribution >= 0.6 is 0 Å². The molecule has 10 nitrogen and oxygen atoms in total. The van der Waals surface area contributed by atoms with Crippen LogP contribution in [0.5, 0.6) is 11.6 Å². The maximum absolute atomic E-state index is 13.8. The number of aryl methyl sites for hydroxylation is 1. The third-order valence-electron chi connectivity index (χ3n) is 7.45. The van der Waals surface area contributed by atoms with E-state index < -0.39 is 23.2 Å². The SMILES string of the molecule is C[C@@H](C(=O)Nc1cnc(Oc2ccc(F)cc2F)cn1)N1CCN(C(=O)[C@H]2CCc3[nH]cnc3C2)C(C)(C)C1. The van der Waals surface area contributed by atoms with Crippen molar-refractivity contribution in [2.75, 3.05) is 25.0 Å². The molecule has 1 aliphatic heterocycles. The molecule has 0 unspecified atom stereocenters. The molecule has 3 aromatic rings. The molecule has 2 atom stereocenters. The Labute approximate surface area is 224 Å². The van der Waals surface area contributed by atoms with Gasteiger partial charge in [-0.3, -0.25) is 14.5 Å². The number of hydrogen-bond donors (Lipinski definition) is 2. The number of aromatic amines is 1. The molecule has 12 heteroatoms. The van der Waals surface area contributed by atoms with Crippen molar-refractivity contribution in [3.8, 4) is 11.6 Å². The number of amides is 2. The number of aromatic nitrogens is 4. The molecule has 1 saturated heterocycles. The highest BCUT2D eigenvalue weighted by atomic mass is 19.1. The number of imidazole rings is 1. The Hall–Kier alpha value is -3.93. The summed E-state index contributed by atoms with van der Waals surface area (Å²) in [7, 11) is 0. The maximum atomic E-state index is 13.8. The van der Waals surface area contributed by atoms with E-state index in [1.54, 1.807) is 6.33 Å². The van der Waals surface area contributed by atoms with Crippen molar-refractivity contribution in [3.05, 3.63) is 59.9 Å². The summed E-state index contributed by atoms with van der Waals surface area (Å²) in [6.07, 6.45) is 6.51. The molecule has 5 rings (SSSR count). The number of nitrogens with one attached hydrogen (secondary N) is 2. The number of piperazine rings is 1. The van der Waals surface area contributed by atoms with E-state index in [4.69, 9.17) is 4.74 Å². The molecule has 1 aliphatic carbocycles. The Balaban J connectivity index is 1.16. The lowest BCUT2D eigenvalue weighted by molar-refractivity contribution is -0.146. The van der Waals surface area contributed by atoms with E-state index in [0.29, 0.717) is 32.1 Å². The van der Waals surface area contributed by atoms with Crippen LogP contribution in [0.3, 0.4) is 0 Å². The van der Waals surface area contributed by atoms with Crippen LogP contribution in [-0.4, -0.2) is 72.8 Å². The zero-order valence-electron chi connectivity index (χ0n) is 22.1. The van der Waals surface area contributed by atoms with Gasteiger partial charge in [0, 0.05) is 43.7 Å². The van der Waals surface area contributed by atoms with E-state index in [1.807, 2.05) is 30.6 Å². The number of anilines is 1. The predicted molar refractivity (Wildman–Crippen MR) is 138 cm³/mol. The summed E-state index contributed by atoms with van der Waals surface area (Å²) in [6.45, 7) is 7.49. The van der Waals surface area contributed by atoms with Crippen molar-refractivity contribution in [1.82, 2.24) is 29.7 Å². The number of halogens is 2. The molecule has 39 heavy (non-hydrogen) atoms. The Kier molecular flexibility index (Phi) is 7.30. The highest BCUT2D eigenvalue weighted by Crippen LogP contribution is 2.30. The van der Waals surface area contributed by atoms with Gasteiger partial charge in [0.15, 0.2) is 17.4 Å². The van der Waals surface area contributed by atoms with E-state index in [9.17, 15) is 18.4 Å². The van der Waals surface area contributed by atoms with Crippen LogP contribution in [0.25, 0.3) is 0 Å². The number of rotatable bonds is 6. The first kappa shape index (κ1) is 26.7. The van der Waals surface area contributed by atoms with Gasteiger partial charge in [0.1, 0.15) is 5.82 Å². The van der Waals surface area contributed by atoms with Crippen LogP contribution in [-0.2, 0) is 22.4 Å². The minimum absolute atomic E-state index is 0.00410. The van der Waals surface area contributed by atoms with Crippen LogP contribution in [0, 0.1) is 17.6 Å². The highest BCUT2D eigenvalue weighted by molar-refractivity contribution is 5.93.